The first kappa shape index (κ1) is 22.8. The Bertz CT molecular complexity index is 1120. The molecule has 0 aliphatic carbocycles. The lowest BCUT2D eigenvalue weighted by molar-refractivity contribution is 0.191. The first-order valence-electron chi connectivity index (χ1n) is 11.5. The Labute approximate surface area is 191 Å². The fraction of sp³-hybridized carbons (Fsp3) is 0.480. The van der Waals surface area contributed by atoms with Gasteiger partial charge in [0, 0.05) is 55.8 Å². The van der Waals surface area contributed by atoms with Gasteiger partial charge >= 0.3 is 6.09 Å². The minimum atomic E-state index is -1.71. The van der Waals surface area contributed by atoms with Crippen LogP contribution in [0.2, 0.25) is 18.1 Å². The van der Waals surface area contributed by atoms with Gasteiger partial charge in [0.05, 0.1) is 11.0 Å². The van der Waals surface area contributed by atoms with Gasteiger partial charge in [-0.1, -0.05) is 45.0 Å². The fourth-order valence-corrected chi connectivity index (χ4v) is 5.36. The van der Waals surface area contributed by atoms with E-state index in [0.29, 0.717) is 0 Å². The van der Waals surface area contributed by atoms with Crippen molar-refractivity contribution in [3.63, 3.8) is 0 Å². The summed E-state index contributed by atoms with van der Waals surface area (Å²) in [5.74, 6) is 0. The van der Waals surface area contributed by atoms with Crippen LogP contribution in [-0.4, -0.2) is 68.3 Å². The van der Waals surface area contributed by atoms with Crippen molar-refractivity contribution >= 4 is 41.9 Å². The zero-order chi connectivity index (χ0) is 23.1. The van der Waals surface area contributed by atoms with Crippen LogP contribution in [-0.2, 0) is 4.43 Å². The molecule has 1 N–H and O–H groups in total. The third-order valence-electron chi connectivity index (χ3n) is 7.26. The summed E-state index contributed by atoms with van der Waals surface area (Å²) in [5, 5.41) is 12.1. The van der Waals surface area contributed by atoms with E-state index in [0.717, 1.165) is 66.8 Å². The van der Waals surface area contributed by atoms with Crippen LogP contribution in [0.3, 0.4) is 0 Å². The minimum absolute atomic E-state index is 0.236. The van der Waals surface area contributed by atoms with Crippen LogP contribution in [0.15, 0.2) is 42.5 Å². The predicted molar refractivity (Wildman–Crippen MR) is 135 cm³/mol. The monoisotopic (exact) mass is 453 g/mol. The summed E-state index contributed by atoms with van der Waals surface area (Å²) in [7, 11) is -1.71. The van der Waals surface area contributed by atoms with Crippen molar-refractivity contribution in [2.24, 2.45) is 0 Å². The third kappa shape index (κ3) is 4.17. The van der Waals surface area contributed by atoms with Crippen molar-refractivity contribution in [2.45, 2.75) is 38.9 Å². The van der Waals surface area contributed by atoms with E-state index < -0.39 is 14.4 Å². The Hall–Kier alpha value is -2.35. The Morgan fingerprint density at radius 3 is 2.31 bits per heavy atom. The second kappa shape index (κ2) is 8.54. The number of carboxylic acid groups (broad SMARTS) is 1. The molecule has 1 fully saturated rings. The van der Waals surface area contributed by atoms with Crippen LogP contribution >= 0.6 is 0 Å². The summed E-state index contributed by atoms with van der Waals surface area (Å²) >= 11 is 0. The van der Waals surface area contributed by atoms with Gasteiger partial charge in [0.2, 0.25) is 0 Å². The number of rotatable bonds is 5. The highest BCUT2D eigenvalue weighted by molar-refractivity contribution is 6.74. The minimum Gasteiger partial charge on any atom is -0.464 e. The average Bonchev–Trinajstić information content (AvgIpc) is 3.08. The molecule has 0 atom stereocenters. The first-order chi connectivity index (χ1) is 15.1. The summed E-state index contributed by atoms with van der Waals surface area (Å²) < 4.78 is 7.77. The van der Waals surface area contributed by atoms with Crippen LogP contribution in [0, 0.1) is 0 Å². The highest BCUT2D eigenvalue weighted by Gasteiger charge is 2.37. The van der Waals surface area contributed by atoms with Crippen molar-refractivity contribution in [3.8, 4) is 0 Å². The molecule has 1 saturated heterocycles. The molecule has 0 amide bonds. The van der Waals surface area contributed by atoms with Crippen molar-refractivity contribution < 1.29 is 14.3 Å². The summed E-state index contributed by atoms with van der Waals surface area (Å²) in [5.41, 5.74) is 2.61. The number of nitrogens with zero attached hydrogens (tertiary/aromatic N) is 3. The standard InChI is InChI=1S/C25H35N3O3Si/c1-25(2,3)32(4,5)31-18-17-26-13-15-27(16-14-26)21-11-8-12-22-23(21)19-9-6-7-10-20(19)28(22)24(29)30/h6-12H,13-18H2,1-5H3,(H,29,30). The quantitative estimate of drug-likeness (QED) is 0.520. The van der Waals surface area contributed by atoms with Crippen LogP contribution in [0.25, 0.3) is 21.8 Å². The molecule has 0 bridgehead atoms. The second-order valence-electron chi connectivity index (χ2n) is 10.2. The maximum absolute atomic E-state index is 12.0. The molecule has 1 aliphatic heterocycles. The smallest absolute Gasteiger partial charge is 0.416 e. The van der Waals surface area contributed by atoms with Gasteiger partial charge in [0.25, 0.3) is 0 Å². The van der Waals surface area contributed by atoms with Crippen molar-refractivity contribution in [2.75, 3.05) is 44.2 Å². The van der Waals surface area contributed by atoms with Crippen LogP contribution < -0.4 is 4.90 Å². The molecular formula is C25H35N3O3Si. The Kier molecular flexibility index (Phi) is 6.09. The maximum atomic E-state index is 12.0. The zero-order valence-electron chi connectivity index (χ0n) is 19.9. The van der Waals surface area contributed by atoms with Crippen molar-refractivity contribution in [3.05, 3.63) is 42.5 Å². The molecule has 2 heterocycles. The van der Waals surface area contributed by atoms with Gasteiger partial charge in [0.1, 0.15) is 0 Å². The lowest BCUT2D eigenvalue weighted by Crippen LogP contribution is -2.48. The van der Waals surface area contributed by atoms with Crippen molar-refractivity contribution in [1.29, 1.82) is 0 Å². The number of fused-ring (bicyclic) bond motifs is 3. The number of hydrogen-bond donors (Lipinski definition) is 1. The molecule has 6 nitrogen and oxygen atoms in total. The molecule has 2 aromatic carbocycles. The second-order valence-corrected chi connectivity index (χ2v) is 15.1. The van der Waals surface area contributed by atoms with E-state index in [1.807, 2.05) is 36.4 Å². The number of aromatic nitrogens is 1. The Morgan fingerprint density at radius 2 is 1.66 bits per heavy atom. The van der Waals surface area contributed by atoms with Crippen molar-refractivity contribution in [1.82, 2.24) is 9.47 Å². The normalized spacial score (nSPS) is 16.2. The largest absolute Gasteiger partial charge is 0.464 e. The Morgan fingerprint density at radius 1 is 1.00 bits per heavy atom. The average molecular weight is 454 g/mol. The van der Waals surface area contributed by atoms with E-state index in [1.54, 1.807) is 0 Å². The molecule has 0 unspecified atom stereocenters. The first-order valence-corrected chi connectivity index (χ1v) is 14.4. The molecule has 172 valence electrons. The SMILES string of the molecule is CC(C)(C)[Si](C)(C)OCCN1CCN(c2cccc3c2c2ccccc2n3C(=O)O)CC1. The van der Waals surface area contributed by atoms with Gasteiger partial charge in [-0.15, -0.1) is 0 Å². The third-order valence-corrected chi connectivity index (χ3v) is 11.8. The van der Waals surface area contributed by atoms with E-state index in [2.05, 4.69) is 49.7 Å². The lowest BCUT2D eigenvalue weighted by Gasteiger charge is -2.39. The van der Waals surface area contributed by atoms with E-state index in [1.165, 1.54) is 4.57 Å². The number of hydrogen-bond acceptors (Lipinski definition) is 4. The number of para-hydroxylation sites is 1. The molecule has 1 aromatic heterocycles. The predicted octanol–water partition coefficient (Wildman–Crippen LogP) is 5.46. The van der Waals surface area contributed by atoms with Crippen LogP contribution in [0.5, 0.6) is 0 Å². The summed E-state index contributed by atoms with van der Waals surface area (Å²) in [6.07, 6.45) is -0.945. The summed E-state index contributed by atoms with van der Waals surface area (Å²) in [6, 6.07) is 13.8. The Balaban J connectivity index is 1.49. The molecule has 4 rings (SSSR count). The van der Waals surface area contributed by atoms with Gasteiger partial charge in [0.15, 0.2) is 8.32 Å². The van der Waals surface area contributed by atoms with Gasteiger partial charge < -0.3 is 14.4 Å². The van der Waals surface area contributed by atoms with E-state index in [4.69, 9.17) is 4.43 Å². The lowest BCUT2D eigenvalue weighted by atomic mass is 10.1. The van der Waals surface area contributed by atoms with Gasteiger partial charge in [-0.2, -0.15) is 0 Å². The van der Waals surface area contributed by atoms with Gasteiger partial charge in [-0.3, -0.25) is 4.90 Å². The topological polar surface area (TPSA) is 57.9 Å². The zero-order valence-corrected chi connectivity index (χ0v) is 20.9. The van der Waals surface area contributed by atoms with E-state index in [-0.39, 0.29) is 5.04 Å². The molecule has 0 spiro atoms. The van der Waals surface area contributed by atoms with Crippen LogP contribution in [0.1, 0.15) is 20.8 Å². The molecule has 32 heavy (non-hydrogen) atoms. The van der Waals surface area contributed by atoms with Gasteiger partial charge in [-0.05, 0) is 36.3 Å². The molecule has 1 aliphatic rings. The maximum Gasteiger partial charge on any atom is 0.416 e. The van der Waals surface area contributed by atoms with E-state index in [9.17, 15) is 9.90 Å². The van der Waals surface area contributed by atoms with Crippen LogP contribution in [0.4, 0.5) is 10.5 Å². The number of benzene rings is 2. The number of carbonyl (C=O) groups is 1. The summed E-state index contributed by atoms with van der Waals surface area (Å²) in [6.45, 7) is 17.0. The molecular weight excluding hydrogens is 418 g/mol. The van der Waals surface area contributed by atoms with E-state index >= 15 is 0 Å². The molecule has 3 aromatic rings. The highest BCUT2D eigenvalue weighted by atomic mass is 28.4. The summed E-state index contributed by atoms with van der Waals surface area (Å²) in [4.78, 5) is 16.9. The van der Waals surface area contributed by atoms with Gasteiger partial charge in [-0.25, -0.2) is 9.36 Å². The highest BCUT2D eigenvalue weighted by Crippen LogP contribution is 2.37. The molecule has 7 heteroatoms. The molecule has 0 saturated carbocycles. The molecule has 0 radical (unpaired) electrons. The fourth-order valence-electron chi connectivity index (χ4n) is 4.33. The number of piperazine rings is 1. The number of anilines is 1.